The SMILES string of the molecule is CCC(CC)N1C(=O)[C@@](C)(Cc2cc(=O)[nH]o2)CCC1c1ccc(Cl)cc1. The summed E-state index contributed by atoms with van der Waals surface area (Å²) in [6.07, 6.45) is 3.84. The number of likely N-dealkylation sites (tertiary alicyclic amines) is 1. The minimum atomic E-state index is -0.580. The van der Waals surface area contributed by atoms with Gasteiger partial charge in [-0.2, -0.15) is 5.16 Å². The van der Waals surface area contributed by atoms with Crippen LogP contribution in [0.4, 0.5) is 0 Å². The Labute approximate surface area is 164 Å². The van der Waals surface area contributed by atoms with Crippen molar-refractivity contribution in [3.8, 4) is 0 Å². The molecular formula is C21H27ClN2O3. The smallest absolute Gasteiger partial charge is 0.280 e. The van der Waals surface area contributed by atoms with E-state index in [1.54, 1.807) is 0 Å². The summed E-state index contributed by atoms with van der Waals surface area (Å²) in [6, 6.07) is 9.46. The van der Waals surface area contributed by atoms with Crippen LogP contribution in [0.15, 0.2) is 39.6 Å². The quantitative estimate of drug-likeness (QED) is 0.775. The molecule has 146 valence electrons. The number of aromatic nitrogens is 1. The zero-order chi connectivity index (χ0) is 19.6. The predicted molar refractivity (Wildman–Crippen MR) is 106 cm³/mol. The van der Waals surface area contributed by atoms with Gasteiger partial charge in [-0.1, -0.05) is 44.5 Å². The first-order valence-corrected chi connectivity index (χ1v) is 10.0. The summed E-state index contributed by atoms with van der Waals surface area (Å²) in [6.45, 7) is 6.23. The van der Waals surface area contributed by atoms with Crippen molar-refractivity contribution in [1.29, 1.82) is 0 Å². The molecule has 3 rings (SSSR count). The van der Waals surface area contributed by atoms with E-state index in [1.165, 1.54) is 6.07 Å². The molecule has 2 atom stereocenters. The highest BCUT2D eigenvalue weighted by molar-refractivity contribution is 6.30. The van der Waals surface area contributed by atoms with Gasteiger partial charge in [-0.25, -0.2) is 0 Å². The Morgan fingerprint density at radius 1 is 1.26 bits per heavy atom. The normalized spacial score (nSPS) is 23.2. The molecule has 1 aromatic heterocycles. The van der Waals surface area contributed by atoms with E-state index < -0.39 is 5.41 Å². The number of nitrogens with one attached hydrogen (secondary N) is 1. The number of piperidine rings is 1. The van der Waals surface area contributed by atoms with Crippen molar-refractivity contribution in [1.82, 2.24) is 10.1 Å². The van der Waals surface area contributed by atoms with Gasteiger partial charge in [-0.05, 0) is 43.4 Å². The number of nitrogens with zero attached hydrogens (tertiary/aromatic N) is 1. The second-order valence-corrected chi connectivity index (χ2v) is 8.14. The Bertz CT molecular complexity index is 838. The Hall–Kier alpha value is -2.01. The topological polar surface area (TPSA) is 66.3 Å². The van der Waals surface area contributed by atoms with E-state index in [1.807, 2.05) is 31.2 Å². The number of hydrogen-bond acceptors (Lipinski definition) is 3. The second kappa shape index (κ2) is 7.93. The number of rotatable bonds is 6. The van der Waals surface area contributed by atoms with Crippen molar-refractivity contribution in [3.63, 3.8) is 0 Å². The first-order valence-electron chi connectivity index (χ1n) is 9.63. The van der Waals surface area contributed by atoms with Gasteiger partial charge in [-0.3, -0.25) is 9.59 Å². The third-order valence-corrected chi connectivity index (χ3v) is 6.04. The molecule has 1 aliphatic rings. The van der Waals surface area contributed by atoms with Crippen LogP contribution in [0.1, 0.15) is 63.8 Å². The second-order valence-electron chi connectivity index (χ2n) is 7.71. The largest absolute Gasteiger partial charge is 0.384 e. The van der Waals surface area contributed by atoms with Crippen LogP contribution >= 0.6 is 11.6 Å². The van der Waals surface area contributed by atoms with Crippen molar-refractivity contribution in [2.24, 2.45) is 5.41 Å². The lowest BCUT2D eigenvalue weighted by Gasteiger charge is -2.48. The first kappa shape index (κ1) is 19.7. The molecule has 2 heterocycles. The molecule has 5 nitrogen and oxygen atoms in total. The van der Waals surface area contributed by atoms with Gasteiger partial charge in [-0.15, -0.1) is 0 Å². The molecule has 0 bridgehead atoms. The van der Waals surface area contributed by atoms with E-state index in [0.29, 0.717) is 17.2 Å². The fourth-order valence-corrected chi connectivity index (χ4v) is 4.35. The molecule has 1 fully saturated rings. The van der Waals surface area contributed by atoms with Gasteiger partial charge in [0.25, 0.3) is 5.56 Å². The maximum absolute atomic E-state index is 13.6. The highest BCUT2D eigenvalue weighted by Crippen LogP contribution is 2.44. The summed E-state index contributed by atoms with van der Waals surface area (Å²) in [5.41, 5.74) is 0.270. The number of halogens is 1. The number of aromatic amines is 1. The summed E-state index contributed by atoms with van der Waals surface area (Å²) in [7, 11) is 0. The molecule has 1 saturated heterocycles. The van der Waals surface area contributed by atoms with Gasteiger partial charge in [0.15, 0.2) is 0 Å². The van der Waals surface area contributed by atoms with Crippen LogP contribution in [0, 0.1) is 5.41 Å². The summed E-state index contributed by atoms with van der Waals surface area (Å²) in [4.78, 5) is 27.1. The average molecular weight is 391 g/mol. The lowest BCUT2D eigenvalue weighted by atomic mass is 9.73. The standard InChI is InChI=1S/C21H27ClN2O3/c1-4-16(5-2)24-18(14-6-8-15(22)9-7-14)10-11-21(3,20(24)26)13-17-12-19(25)23-27-17/h6-9,12,16,18H,4-5,10-11,13H2,1-3H3,(H,23,25)/t18?,21-/m1/s1. The monoisotopic (exact) mass is 390 g/mol. The third-order valence-electron chi connectivity index (χ3n) is 5.79. The molecule has 0 aliphatic carbocycles. The minimum absolute atomic E-state index is 0.0472. The summed E-state index contributed by atoms with van der Waals surface area (Å²) >= 11 is 6.05. The van der Waals surface area contributed by atoms with E-state index in [2.05, 4.69) is 23.9 Å². The molecule has 1 amide bonds. The molecule has 1 unspecified atom stereocenters. The predicted octanol–water partition coefficient (Wildman–Crippen LogP) is 4.72. The molecule has 1 aliphatic heterocycles. The van der Waals surface area contributed by atoms with Crippen molar-refractivity contribution in [2.75, 3.05) is 0 Å². The molecule has 27 heavy (non-hydrogen) atoms. The maximum Gasteiger partial charge on any atom is 0.280 e. The van der Waals surface area contributed by atoms with Crippen LogP contribution in [0.3, 0.4) is 0 Å². The number of amides is 1. The summed E-state index contributed by atoms with van der Waals surface area (Å²) in [5.74, 6) is 0.663. The maximum atomic E-state index is 13.6. The number of benzene rings is 1. The molecular weight excluding hydrogens is 364 g/mol. The van der Waals surface area contributed by atoms with Crippen LogP contribution in [0.2, 0.25) is 5.02 Å². The van der Waals surface area contributed by atoms with E-state index in [0.717, 1.165) is 31.2 Å². The van der Waals surface area contributed by atoms with Crippen LogP contribution in [-0.4, -0.2) is 22.0 Å². The number of hydrogen-bond donors (Lipinski definition) is 1. The molecule has 2 aromatic rings. The summed E-state index contributed by atoms with van der Waals surface area (Å²) < 4.78 is 5.23. The highest BCUT2D eigenvalue weighted by Gasteiger charge is 2.46. The molecule has 1 aromatic carbocycles. The Balaban J connectivity index is 1.94. The van der Waals surface area contributed by atoms with Crippen molar-refractivity contribution < 1.29 is 9.32 Å². The summed E-state index contributed by atoms with van der Waals surface area (Å²) in [5, 5.41) is 3.02. The first-order chi connectivity index (χ1) is 12.9. The molecule has 0 saturated carbocycles. The number of carbonyl (C=O) groups excluding carboxylic acids is 1. The Kier molecular flexibility index (Phi) is 5.80. The fraction of sp³-hybridized carbons (Fsp3) is 0.524. The Morgan fingerprint density at radius 3 is 2.48 bits per heavy atom. The van der Waals surface area contributed by atoms with Gasteiger partial charge in [0.2, 0.25) is 5.91 Å². The Morgan fingerprint density at radius 2 is 1.93 bits per heavy atom. The van der Waals surface area contributed by atoms with Crippen molar-refractivity contribution in [2.45, 2.75) is 65.0 Å². The van der Waals surface area contributed by atoms with E-state index in [4.69, 9.17) is 16.1 Å². The molecule has 1 N–H and O–H groups in total. The van der Waals surface area contributed by atoms with Gasteiger partial charge >= 0.3 is 0 Å². The van der Waals surface area contributed by atoms with E-state index in [-0.39, 0.29) is 23.6 Å². The van der Waals surface area contributed by atoms with Gasteiger partial charge in [0.1, 0.15) is 5.76 Å². The third kappa shape index (κ3) is 3.98. The molecule has 6 heteroatoms. The van der Waals surface area contributed by atoms with Gasteiger partial charge in [0, 0.05) is 23.6 Å². The van der Waals surface area contributed by atoms with Crippen molar-refractivity contribution in [3.05, 3.63) is 57.0 Å². The van der Waals surface area contributed by atoms with Crippen LogP contribution < -0.4 is 5.56 Å². The average Bonchev–Trinajstić information content (AvgIpc) is 3.05. The molecule has 0 radical (unpaired) electrons. The number of H-pyrrole nitrogens is 1. The lowest BCUT2D eigenvalue weighted by Crippen LogP contribution is -2.53. The van der Waals surface area contributed by atoms with Crippen LogP contribution in [-0.2, 0) is 11.2 Å². The van der Waals surface area contributed by atoms with Crippen LogP contribution in [0.25, 0.3) is 0 Å². The fourth-order valence-electron chi connectivity index (χ4n) is 4.23. The van der Waals surface area contributed by atoms with Crippen LogP contribution in [0.5, 0.6) is 0 Å². The van der Waals surface area contributed by atoms with Gasteiger partial charge < -0.3 is 9.42 Å². The number of carbonyl (C=O) groups is 1. The minimum Gasteiger partial charge on any atom is -0.384 e. The lowest BCUT2D eigenvalue weighted by molar-refractivity contribution is -0.153. The van der Waals surface area contributed by atoms with E-state index >= 15 is 0 Å². The van der Waals surface area contributed by atoms with E-state index in [9.17, 15) is 9.59 Å². The highest BCUT2D eigenvalue weighted by atomic mass is 35.5. The zero-order valence-electron chi connectivity index (χ0n) is 16.1. The molecule has 0 spiro atoms. The zero-order valence-corrected chi connectivity index (χ0v) is 16.9. The van der Waals surface area contributed by atoms with Crippen molar-refractivity contribution >= 4 is 17.5 Å². The van der Waals surface area contributed by atoms with Gasteiger partial charge in [0.05, 0.1) is 11.5 Å².